The van der Waals surface area contributed by atoms with Gasteiger partial charge in [-0.1, -0.05) is 11.8 Å². The first-order valence-corrected chi connectivity index (χ1v) is 12.8. The molecule has 2 aliphatic heterocycles. The zero-order valence-corrected chi connectivity index (χ0v) is 18.5. The smallest absolute Gasteiger partial charge is 0.225 e. The molecule has 0 radical (unpaired) electrons. The van der Waals surface area contributed by atoms with E-state index in [4.69, 9.17) is 0 Å². The molecule has 158 valence electrons. The summed E-state index contributed by atoms with van der Waals surface area (Å²) < 4.78 is 24.8. The first kappa shape index (κ1) is 20.0. The number of aromatic nitrogens is 3. The second-order valence-corrected chi connectivity index (χ2v) is 10.7. The molecule has 0 atom stereocenters. The average molecular weight is 452 g/mol. The molecule has 0 bridgehead atoms. The van der Waals surface area contributed by atoms with Gasteiger partial charge in [-0.25, -0.2) is 23.4 Å². The quantitative estimate of drug-likeness (QED) is 0.567. The third-order valence-electron chi connectivity index (χ3n) is 5.66. The Morgan fingerprint density at radius 3 is 2.81 bits per heavy atom. The van der Waals surface area contributed by atoms with Gasteiger partial charge in [0.05, 0.1) is 38.6 Å². The van der Waals surface area contributed by atoms with E-state index in [1.807, 2.05) is 5.51 Å². The van der Waals surface area contributed by atoms with Crippen LogP contribution in [0, 0.1) is 0 Å². The summed E-state index contributed by atoms with van der Waals surface area (Å²) in [6.07, 6.45) is 2.14. The summed E-state index contributed by atoms with van der Waals surface area (Å²) in [7, 11) is -3.02. The number of hydrogen-bond donors (Lipinski definition) is 0. The maximum absolute atomic E-state index is 11.8. The van der Waals surface area contributed by atoms with Crippen molar-refractivity contribution in [2.24, 2.45) is 0 Å². The standard InChI is InChI=1S/C22H21N5O2S2/c1-2-3-20(16-4-5-21-19(12-16)24-15-30-21)26-7-9-27(10-8-26)22-23-13-17-14-31(28,29)11-6-18(17)25-22/h4-5,12-13,15H,1,6-11,14H2. The van der Waals surface area contributed by atoms with Crippen molar-refractivity contribution in [3.8, 4) is 0 Å². The lowest BCUT2D eigenvalue weighted by Crippen LogP contribution is -2.46. The molecule has 2 aromatic heterocycles. The summed E-state index contributed by atoms with van der Waals surface area (Å²) in [5.74, 6) is 0.878. The van der Waals surface area contributed by atoms with Gasteiger partial charge in [0.2, 0.25) is 5.95 Å². The Balaban J connectivity index is 1.33. The number of rotatable bonds is 3. The fraction of sp³-hybridized carbons (Fsp3) is 0.318. The molecule has 3 aromatic rings. The molecule has 2 aliphatic rings. The number of aryl methyl sites for hydroxylation is 1. The fourth-order valence-electron chi connectivity index (χ4n) is 4.03. The van der Waals surface area contributed by atoms with Crippen LogP contribution < -0.4 is 4.90 Å². The van der Waals surface area contributed by atoms with Crippen molar-refractivity contribution in [1.29, 1.82) is 0 Å². The van der Waals surface area contributed by atoms with E-state index in [-0.39, 0.29) is 11.5 Å². The molecule has 0 unspecified atom stereocenters. The topological polar surface area (TPSA) is 79.3 Å². The van der Waals surface area contributed by atoms with E-state index in [1.54, 1.807) is 17.5 Å². The molecule has 5 rings (SSSR count). The minimum Gasteiger partial charge on any atom is -0.361 e. The predicted octanol–water partition coefficient (Wildman–Crippen LogP) is 2.66. The number of sulfone groups is 1. The third-order valence-corrected chi connectivity index (χ3v) is 8.04. The summed E-state index contributed by atoms with van der Waals surface area (Å²) >= 11 is 1.63. The Labute approximate surface area is 185 Å². The molecular formula is C22H21N5O2S2. The summed E-state index contributed by atoms with van der Waals surface area (Å²) in [6, 6.07) is 6.26. The van der Waals surface area contributed by atoms with Gasteiger partial charge in [-0.2, -0.15) is 0 Å². The van der Waals surface area contributed by atoms with Gasteiger partial charge in [0.25, 0.3) is 0 Å². The van der Waals surface area contributed by atoms with E-state index >= 15 is 0 Å². The monoisotopic (exact) mass is 451 g/mol. The number of fused-ring (bicyclic) bond motifs is 2. The van der Waals surface area contributed by atoms with E-state index in [9.17, 15) is 8.42 Å². The summed E-state index contributed by atoms with van der Waals surface area (Å²) in [5, 5.41) is 0. The SMILES string of the molecule is C=C=C=C(c1ccc2scnc2c1)N1CCN(c2ncc3c(n2)CCS(=O)(=O)C3)CC1. The normalized spacial score (nSPS) is 17.7. The van der Waals surface area contributed by atoms with E-state index in [0.29, 0.717) is 12.4 Å². The third kappa shape index (κ3) is 4.01. The van der Waals surface area contributed by atoms with Gasteiger partial charge < -0.3 is 9.80 Å². The number of anilines is 1. The van der Waals surface area contributed by atoms with E-state index < -0.39 is 9.84 Å². The lowest BCUT2D eigenvalue weighted by molar-refractivity contribution is 0.365. The van der Waals surface area contributed by atoms with Crippen LogP contribution in [0.5, 0.6) is 0 Å². The largest absolute Gasteiger partial charge is 0.361 e. The molecule has 0 spiro atoms. The Hall–Kier alpha value is -2.96. The highest BCUT2D eigenvalue weighted by Gasteiger charge is 2.26. The predicted molar refractivity (Wildman–Crippen MR) is 123 cm³/mol. The highest BCUT2D eigenvalue weighted by Crippen LogP contribution is 2.27. The molecule has 1 fully saturated rings. The number of benzene rings is 1. The average Bonchev–Trinajstić information content (AvgIpc) is 3.25. The molecule has 1 aromatic carbocycles. The molecule has 0 N–H and O–H groups in total. The molecule has 4 heterocycles. The molecule has 7 nitrogen and oxygen atoms in total. The zero-order chi connectivity index (χ0) is 21.4. The van der Waals surface area contributed by atoms with Crippen LogP contribution in [0.3, 0.4) is 0 Å². The second-order valence-electron chi connectivity index (χ2n) is 7.64. The van der Waals surface area contributed by atoms with Crippen molar-refractivity contribution in [3.05, 3.63) is 64.8 Å². The molecule has 9 heteroatoms. The van der Waals surface area contributed by atoms with Crippen molar-refractivity contribution >= 4 is 43.0 Å². The van der Waals surface area contributed by atoms with Crippen molar-refractivity contribution in [2.75, 3.05) is 36.8 Å². The van der Waals surface area contributed by atoms with Gasteiger partial charge in [-0.15, -0.1) is 11.3 Å². The summed E-state index contributed by atoms with van der Waals surface area (Å²) in [6.45, 7) is 6.81. The zero-order valence-electron chi connectivity index (χ0n) is 16.9. The Morgan fingerprint density at radius 2 is 2.00 bits per heavy atom. The highest BCUT2D eigenvalue weighted by atomic mass is 32.2. The first-order chi connectivity index (χ1) is 15.0. The van der Waals surface area contributed by atoms with E-state index in [0.717, 1.165) is 58.9 Å². The van der Waals surface area contributed by atoms with E-state index in [2.05, 4.69) is 61.0 Å². The van der Waals surface area contributed by atoms with Crippen LogP contribution in [0.2, 0.25) is 0 Å². The van der Waals surface area contributed by atoms with Crippen molar-refractivity contribution in [1.82, 2.24) is 19.9 Å². The van der Waals surface area contributed by atoms with Crippen molar-refractivity contribution < 1.29 is 8.42 Å². The van der Waals surface area contributed by atoms with Crippen LogP contribution in [0.25, 0.3) is 15.9 Å². The molecule has 0 amide bonds. The van der Waals surface area contributed by atoms with Crippen LogP contribution in [-0.2, 0) is 22.0 Å². The lowest BCUT2D eigenvalue weighted by Gasteiger charge is -2.36. The van der Waals surface area contributed by atoms with Gasteiger partial charge in [-0.05, 0) is 24.4 Å². The van der Waals surface area contributed by atoms with Crippen molar-refractivity contribution in [2.45, 2.75) is 12.2 Å². The number of piperazine rings is 1. The maximum Gasteiger partial charge on any atom is 0.225 e. The fourth-order valence-corrected chi connectivity index (χ4v) is 6.06. The number of thiazole rings is 1. The van der Waals surface area contributed by atoms with Crippen LogP contribution in [-0.4, -0.2) is 60.2 Å². The molecule has 1 saturated heterocycles. The molecular weight excluding hydrogens is 430 g/mol. The van der Waals surface area contributed by atoms with Gasteiger partial charge in [0.15, 0.2) is 9.84 Å². The highest BCUT2D eigenvalue weighted by molar-refractivity contribution is 7.90. The van der Waals surface area contributed by atoms with E-state index in [1.165, 1.54) is 0 Å². The van der Waals surface area contributed by atoms with Crippen LogP contribution >= 0.6 is 11.3 Å². The van der Waals surface area contributed by atoms with Crippen LogP contribution in [0.15, 0.2) is 47.9 Å². The minimum atomic E-state index is -3.02. The summed E-state index contributed by atoms with van der Waals surface area (Å²) in [5.41, 5.74) is 12.4. The Morgan fingerprint density at radius 1 is 1.16 bits per heavy atom. The Bertz CT molecular complexity index is 1340. The lowest BCUT2D eigenvalue weighted by atomic mass is 10.1. The van der Waals surface area contributed by atoms with Gasteiger partial charge in [0.1, 0.15) is 0 Å². The molecule has 31 heavy (non-hydrogen) atoms. The minimum absolute atomic E-state index is 0.0434. The second kappa shape index (κ2) is 7.94. The van der Waals surface area contributed by atoms with Gasteiger partial charge >= 0.3 is 0 Å². The van der Waals surface area contributed by atoms with Gasteiger partial charge in [0, 0.05) is 49.9 Å². The van der Waals surface area contributed by atoms with Crippen molar-refractivity contribution in [3.63, 3.8) is 0 Å². The Kier molecular flexibility index (Phi) is 5.12. The first-order valence-electron chi connectivity index (χ1n) is 10.1. The van der Waals surface area contributed by atoms with Crippen LogP contribution in [0.4, 0.5) is 5.95 Å². The number of nitrogens with zero attached hydrogens (tertiary/aromatic N) is 5. The maximum atomic E-state index is 11.8. The summed E-state index contributed by atoms with van der Waals surface area (Å²) in [4.78, 5) is 18.0. The van der Waals surface area contributed by atoms with Gasteiger partial charge in [-0.3, -0.25) is 0 Å². The van der Waals surface area contributed by atoms with Crippen LogP contribution in [0.1, 0.15) is 16.8 Å². The molecule has 0 aliphatic carbocycles. The molecule has 0 saturated carbocycles. The number of hydrogen-bond acceptors (Lipinski definition) is 8.